The number of rotatable bonds is 2. The van der Waals surface area contributed by atoms with Crippen LogP contribution in [0.5, 0.6) is 17.2 Å². The van der Waals surface area contributed by atoms with Crippen molar-refractivity contribution in [2.45, 2.75) is 5.92 Å². The van der Waals surface area contributed by atoms with Gasteiger partial charge < -0.3 is 20.3 Å². The van der Waals surface area contributed by atoms with E-state index in [9.17, 15) is 10.4 Å². The largest absolute Gasteiger partial charge is 0.506 e. The Hall–Kier alpha value is -1.88. The molecule has 0 bridgehead atoms. The highest BCUT2D eigenvalue weighted by molar-refractivity contribution is 9.11. The molecular formula is C17H11Br2ClN2O3. The van der Waals surface area contributed by atoms with E-state index in [-0.39, 0.29) is 22.2 Å². The van der Waals surface area contributed by atoms with E-state index in [1.165, 1.54) is 6.07 Å². The molecule has 1 atom stereocenters. The second-order valence-corrected chi connectivity index (χ2v) is 7.45. The number of ether oxygens (including phenoxy) is 2. The molecule has 1 heterocycles. The van der Waals surface area contributed by atoms with E-state index >= 15 is 0 Å². The molecule has 0 radical (unpaired) electrons. The number of nitriles is 1. The maximum Gasteiger partial charge on any atom is 0.205 e. The zero-order chi connectivity index (χ0) is 18.3. The molecule has 5 nitrogen and oxygen atoms in total. The van der Waals surface area contributed by atoms with Gasteiger partial charge in [-0.05, 0) is 34.1 Å². The Morgan fingerprint density at radius 1 is 1.28 bits per heavy atom. The first-order valence-corrected chi connectivity index (χ1v) is 8.96. The van der Waals surface area contributed by atoms with E-state index in [4.69, 9.17) is 26.8 Å². The van der Waals surface area contributed by atoms with Crippen molar-refractivity contribution < 1.29 is 14.6 Å². The fourth-order valence-corrected chi connectivity index (χ4v) is 4.39. The van der Waals surface area contributed by atoms with Crippen LogP contribution >= 0.6 is 43.5 Å². The smallest absolute Gasteiger partial charge is 0.205 e. The molecule has 0 amide bonds. The van der Waals surface area contributed by atoms with Crippen molar-refractivity contribution in [2.75, 3.05) is 7.11 Å². The fraction of sp³-hybridized carbons (Fsp3) is 0.118. The monoisotopic (exact) mass is 484 g/mol. The number of allylic oxidation sites excluding steroid dienone is 1. The summed E-state index contributed by atoms with van der Waals surface area (Å²) >= 11 is 13.0. The van der Waals surface area contributed by atoms with Crippen LogP contribution in [0.25, 0.3) is 0 Å². The summed E-state index contributed by atoms with van der Waals surface area (Å²) in [6, 6.07) is 8.73. The van der Waals surface area contributed by atoms with Gasteiger partial charge in [0.05, 0.1) is 22.5 Å². The van der Waals surface area contributed by atoms with E-state index in [2.05, 4.69) is 37.9 Å². The number of hydrogen-bond donors (Lipinski definition) is 2. The first kappa shape index (κ1) is 17.9. The summed E-state index contributed by atoms with van der Waals surface area (Å²) in [5.74, 6) is 0.178. The van der Waals surface area contributed by atoms with Crippen LogP contribution < -0.4 is 15.2 Å². The first-order chi connectivity index (χ1) is 11.9. The minimum absolute atomic E-state index is 0.0279. The molecule has 8 heteroatoms. The molecule has 1 aliphatic rings. The average molecular weight is 487 g/mol. The van der Waals surface area contributed by atoms with Crippen LogP contribution in [-0.4, -0.2) is 12.2 Å². The van der Waals surface area contributed by atoms with E-state index in [1.54, 1.807) is 13.2 Å². The number of hydrogen-bond acceptors (Lipinski definition) is 5. The van der Waals surface area contributed by atoms with Gasteiger partial charge in [0.1, 0.15) is 28.9 Å². The second-order valence-electron chi connectivity index (χ2n) is 5.28. The van der Waals surface area contributed by atoms with Gasteiger partial charge in [0.25, 0.3) is 0 Å². The lowest BCUT2D eigenvalue weighted by molar-refractivity contribution is 0.382. The van der Waals surface area contributed by atoms with Gasteiger partial charge in [-0.1, -0.05) is 27.5 Å². The lowest BCUT2D eigenvalue weighted by Crippen LogP contribution is -2.21. The summed E-state index contributed by atoms with van der Waals surface area (Å²) in [7, 11) is 1.54. The third-order valence-corrected chi connectivity index (χ3v) is 5.19. The summed E-state index contributed by atoms with van der Waals surface area (Å²) in [6.45, 7) is 0. The van der Waals surface area contributed by atoms with Crippen molar-refractivity contribution in [3.05, 3.63) is 60.8 Å². The highest BCUT2D eigenvalue weighted by atomic mass is 79.9. The van der Waals surface area contributed by atoms with Gasteiger partial charge in [0.2, 0.25) is 5.88 Å². The van der Waals surface area contributed by atoms with Gasteiger partial charge in [-0.2, -0.15) is 5.26 Å². The van der Waals surface area contributed by atoms with Crippen molar-refractivity contribution in [2.24, 2.45) is 5.73 Å². The van der Waals surface area contributed by atoms with Crippen LogP contribution in [0.15, 0.2) is 44.7 Å². The van der Waals surface area contributed by atoms with E-state index in [1.807, 2.05) is 12.1 Å². The zero-order valence-corrected chi connectivity index (χ0v) is 16.7. The normalized spacial score (nSPS) is 16.0. The maximum absolute atomic E-state index is 9.86. The predicted octanol–water partition coefficient (Wildman–Crippen LogP) is 4.80. The quantitative estimate of drug-likeness (QED) is 0.637. The highest BCUT2D eigenvalue weighted by Gasteiger charge is 2.34. The SMILES string of the molecule is COc1c(Br)cc(Br)cc1C1C(C#N)=C(N)Oc2cc(O)c(Cl)cc21. The molecule has 3 N–H and O–H groups in total. The number of nitrogens with two attached hydrogens (primary N) is 1. The molecular weight excluding hydrogens is 475 g/mol. The van der Waals surface area contributed by atoms with Gasteiger partial charge in [0, 0.05) is 21.7 Å². The number of phenols is 1. The Kier molecular flexibility index (Phi) is 4.87. The summed E-state index contributed by atoms with van der Waals surface area (Å²) in [5.41, 5.74) is 7.49. The van der Waals surface area contributed by atoms with Crippen LogP contribution in [0.3, 0.4) is 0 Å². The Labute approximate surface area is 165 Å². The summed E-state index contributed by atoms with van der Waals surface area (Å²) in [4.78, 5) is 0. The molecule has 0 saturated heterocycles. The topological polar surface area (TPSA) is 88.5 Å². The molecule has 0 aromatic heterocycles. The van der Waals surface area contributed by atoms with Crippen LogP contribution in [-0.2, 0) is 0 Å². The number of phenolic OH excluding ortho intramolecular Hbond substituents is 1. The Balaban J connectivity index is 2.35. The van der Waals surface area contributed by atoms with E-state index < -0.39 is 5.92 Å². The van der Waals surface area contributed by atoms with Crippen molar-refractivity contribution in [1.82, 2.24) is 0 Å². The van der Waals surface area contributed by atoms with Crippen molar-refractivity contribution in [3.8, 4) is 23.3 Å². The third-order valence-electron chi connectivity index (χ3n) is 3.84. The minimum Gasteiger partial charge on any atom is -0.506 e. The predicted molar refractivity (Wildman–Crippen MR) is 101 cm³/mol. The number of halogens is 3. The summed E-state index contributed by atoms with van der Waals surface area (Å²) in [5, 5.41) is 19.6. The molecule has 0 spiro atoms. The maximum atomic E-state index is 9.86. The van der Waals surface area contributed by atoms with E-state index in [0.29, 0.717) is 27.1 Å². The molecule has 128 valence electrons. The number of methoxy groups -OCH3 is 1. The molecule has 0 aliphatic carbocycles. The summed E-state index contributed by atoms with van der Waals surface area (Å²) < 4.78 is 12.5. The molecule has 1 aliphatic heterocycles. The number of fused-ring (bicyclic) bond motifs is 1. The van der Waals surface area contributed by atoms with Crippen LogP contribution in [0.1, 0.15) is 17.0 Å². The standard InChI is InChI=1S/C17H11Br2ClN2O3/c1-24-16-9(2-7(18)3-11(16)19)15-8-4-12(20)13(23)5-14(8)25-17(22)10(15)6-21/h2-5,15,23H,22H2,1H3. The number of aromatic hydroxyl groups is 1. The molecule has 2 aromatic rings. The van der Waals surface area contributed by atoms with Crippen LogP contribution in [0.4, 0.5) is 0 Å². The Bertz CT molecular complexity index is 954. The second kappa shape index (κ2) is 6.79. The van der Waals surface area contributed by atoms with Crippen molar-refractivity contribution in [1.29, 1.82) is 5.26 Å². The van der Waals surface area contributed by atoms with Crippen LogP contribution in [0, 0.1) is 11.3 Å². The van der Waals surface area contributed by atoms with Gasteiger partial charge in [-0.3, -0.25) is 0 Å². The molecule has 3 rings (SSSR count). The number of nitrogens with zero attached hydrogens (tertiary/aromatic N) is 1. The molecule has 2 aromatic carbocycles. The molecule has 0 saturated carbocycles. The molecule has 0 fully saturated rings. The molecule has 25 heavy (non-hydrogen) atoms. The summed E-state index contributed by atoms with van der Waals surface area (Å²) in [6.07, 6.45) is 0. The van der Waals surface area contributed by atoms with Gasteiger partial charge >= 0.3 is 0 Å². The molecule has 1 unspecified atom stereocenters. The third kappa shape index (κ3) is 3.06. The lowest BCUT2D eigenvalue weighted by atomic mass is 9.83. The van der Waals surface area contributed by atoms with Gasteiger partial charge in [0.15, 0.2) is 0 Å². The van der Waals surface area contributed by atoms with Crippen molar-refractivity contribution >= 4 is 43.5 Å². The zero-order valence-electron chi connectivity index (χ0n) is 12.8. The van der Waals surface area contributed by atoms with Crippen molar-refractivity contribution in [3.63, 3.8) is 0 Å². The fourth-order valence-electron chi connectivity index (χ4n) is 2.80. The number of benzene rings is 2. The highest BCUT2D eigenvalue weighted by Crippen LogP contribution is 2.49. The van der Waals surface area contributed by atoms with Gasteiger partial charge in [-0.15, -0.1) is 0 Å². The van der Waals surface area contributed by atoms with E-state index in [0.717, 1.165) is 4.47 Å². The Morgan fingerprint density at radius 3 is 2.64 bits per heavy atom. The Morgan fingerprint density at radius 2 is 2.00 bits per heavy atom. The first-order valence-electron chi connectivity index (χ1n) is 7.00. The average Bonchev–Trinajstić information content (AvgIpc) is 2.54. The lowest BCUT2D eigenvalue weighted by Gasteiger charge is -2.28. The van der Waals surface area contributed by atoms with Crippen LogP contribution in [0.2, 0.25) is 5.02 Å². The van der Waals surface area contributed by atoms with Gasteiger partial charge in [-0.25, -0.2) is 0 Å². The minimum atomic E-state index is -0.560.